The molecule has 1 aliphatic heterocycles. The van der Waals surface area contributed by atoms with Gasteiger partial charge in [0.1, 0.15) is 5.82 Å². The van der Waals surface area contributed by atoms with Crippen LogP contribution in [0.5, 0.6) is 0 Å². The summed E-state index contributed by atoms with van der Waals surface area (Å²) >= 11 is 0. The van der Waals surface area contributed by atoms with Gasteiger partial charge in [0.25, 0.3) is 5.91 Å². The van der Waals surface area contributed by atoms with Gasteiger partial charge in [0, 0.05) is 49.5 Å². The highest BCUT2D eigenvalue weighted by Gasteiger charge is 2.21. The number of nitrogens with zero attached hydrogens (tertiary/aromatic N) is 4. The van der Waals surface area contributed by atoms with Crippen molar-refractivity contribution in [1.29, 1.82) is 0 Å². The van der Waals surface area contributed by atoms with E-state index < -0.39 is 0 Å². The second-order valence-electron chi connectivity index (χ2n) is 6.23. The zero-order valence-electron chi connectivity index (χ0n) is 14.0. The third kappa shape index (κ3) is 3.31. The molecule has 0 N–H and O–H groups in total. The number of carbonyl (C=O) groups excluding carboxylic acids is 1. The number of para-hydroxylation sites is 1. The molecular formula is C20H20N4O. The minimum Gasteiger partial charge on any atom is -0.355 e. The summed E-state index contributed by atoms with van der Waals surface area (Å²) in [4.78, 5) is 25.6. The minimum atomic E-state index is 0.0794. The summed E-state index contributed by atoms with van der Waals surface area (Å²) in [7, 11) is 0. The summed E-state index contributed by atoms with van der Waals surface area (Å²) in [5, 5.41) is 1.15. The first-order valence-corrected chi connectivity index (χ1v) is 8.61. The molecule has 1 saturated heterocycles. The van der Waals surface area contributed by atoms with Gasteiger partial charge in [0.15, 0.2) is 0 Å². The van der Waals surface area contributed by atoms with E-state index >= 15 is 0 Å². The Morgan fingerprint density at radius 2 is 1.72 bits per heavy atom. The second-order valence-corrected chi connectivity index (χ2v) is 6.23. The number of fused-ring (bicyclic) bond motifs is 1. The molecule has 0 saturated carbocycles. The number of hydrogen-bond donors (Lipinski definition) is 0. The highest BCUT2D eigenvalue weighted by atomic mass is 16.2. The lowest BCUT2D eigenvalue weighted by atomic mass is 10.2. The van der Waals surface area contributed by atoms with E-state index in [1.807, 2.05) is 23.1 Å². The van der Waals surface area contributed by atoms with Gasteiger partial charge in [-0.2, -0.15) is 0 Å². The van der Waals surface area contributed by atoms with Crippen LogP contribution in [0.4, 0.5) is 5.82 Å². The standard InChI is InChI=1S/C20H20N4O/c25-20(17-8-10-21-11-9-17)24-13-3-12-23(14-15-24)19-7-6-16-4-1-2-5-18(16)22-19/h1-2,4-11H,3,12-15H2. The minimum absolute atomic E-state index is 0.0794. The Morgan fingerprint density at radius 1 is 0.880 bits per heavy atom. The van der Waals surface area contributed by atoms with Crippen molar-refractivity contribution in [2.45, 2.75) is 6.42 Å². The molecule has 25 heavy (non-hydrogen) atoms. The van der Waals surface area contributed by atoms with Gasteiger partial charge in [0.05, 0.1) is 5.52 Å². The van der Waals surface area contributed by atoms with E-state index in [1.54, 1.807) is 24.5 Å². The predicted molar refractivity (Wildman–Crippen MR) is 98.7 cm³/mol. The fourth-order valence-corrected chi connectivity index (χ4v) is 3.26. The van der Waals surface area contributed by atoms with Crippen molar-refractivity contribution in [3.05, 3.63) is 66.5 Å². The highest BCUT2D eigenvalue weighted by molar-refractivity contribution is 5.94. The molecule has 3 aromatic rings. The fraction of sp³-hybridized carbons (Fsp3) is 0.250. The van der Waals surface area contributed by atoms with Crippen LogP contribution in [-0.2, 0) is 0 Å². The van der Waals surface area contributed by atoms with Crippen LogP contribution in [0, 0.1) is 0 Å². The summed E-state index contributed by atoms with van der Waals surface area (Å²) in [6, 6.07) is 15.9. The van der Waals surface area contributed by atoms with Crippen LogP contribution < -0.4 is 4.90 Å². The molecule has 0 radical (unpaired) electrons. The molecule has 0 unspecified atom stereocenters. The lowest BCUT2D eigenvalue weighted by Gasteiger charge is -2.23. The van der Waals surface area contributed by atoms with E-state index in [1.165, 1.54) is 0 Å². The molecule has 2 aromatic heterocycles. The number of hydrogen-bond acceptors (Lipinski definition) is 4. The van der Waals surface area contributed by atoms with Gasteiger partial charge in [0.2, 0.25) is 0 Å². The van der Waals surface area contributed by atoms with E-state index in [2.05, 4.69) is 28.1 Å². The smallest absolute Gasteiger partial charge is 0.254 e. The Hall–Kier alpha value is -2.95. The van der Waals surface area contributed by atoms with Crippen LogP contribution in [0.15, 0.2) is 60.9 Å². The average molecular weight is 332 g/mol. The van der Waals surface area contributed by atoms with Gasteiger partial charge < -0.3 is 9.80 Å². The number of rotatable bonds is 2. The van der Waals surface area contributed by atoms with Gasteiger partial charge >= 0.3 is 0 Å². The normalized spacial score (nSPS) is 15.2. The zero-order valence-corrected chi connectivity index (χ0v) is 14.0. The molecule has 5 nitrogen and oxygen atoms in total. The van der Waals surface area contributed by atoms with Crippen molar-refractivity contribution >= 4 is 22.6 Å². The SMILES string of the molecule is O=C(c1ccncc1)N1CCCN(c2ccc3ccccc3n2)CC1. The molecule has 1 aliphatic rings. The third-order valence-corrected chi connectivity index (χ3v) is 4.62. The molecule has 0 spiro atoms. The van der Waals surface area contributed by atoms with Gasteiger partial charge in [-0.15, -0.1) is 0 Å². The second kappa shape index (κ2) is 6.89. The van der Waals surface area contributed by atoms with E-state index in [4.69, 9.17) is 4.98 Å². The Morgan fingerprint density at radius 3 is 2.60 bits per heavy atom. The van der Waals surface area contributed by atoms with Crippen LogP contribution in [0.25, 0.3) is 10.9 Å². The molecule has 126 valence electrons. The Kier molecular flexibility index (Phi) is 4.29. The highest BCUT2D eigenvalue weighted by Crippen LogP contribution is 2.19. The lowest BCUT2D eigenvalue weighted by molar-refractivity contribution is 0.0767. The summed E-state index contributed by atoms with van der Waals surface area (Å²) in [6.07, 6.45) is 4.26. The number of carbonyl (C=O) groups is 1. The van der Waals surface area contributed by atoms with Crippen molar-refractivity contribution in [3.8, 4) is 0 Å². The molecule has 1 fully saturated rings. The van der Waals surface area contributed by atoms with Gasteiger partial charge in [-0.05, 0) is 36.8 Å². The van der Waals surface area contributed by atoms with Crippen LogP contribution >= 0.6 is 0 Å². The van der Waals surface area contributed by atoms with E-state index in [0.717, 1.165) is 42.8 Å². The van der Waals surface area contributed by atoms with Gasteiger partial charge in [-0.1, -0.05) is 18.2 Å². The number of pyridine rings is 2. The summed E-state index contributed by atoms with van der Waals surface area (Å²) in [5.74, 6) is 1.06. The molecule has 5 heteroatoms. The molecule has 1 aromatic carbocycles. The van der Waals surface area contributed by atoms with Crippen molar-refractivity contribution in [2.75, 3.05) is 31.1 Å². The maximum Gasteiger partial charge on any atom is 0.254 e. The third-order valence-electron chi connectivity index (χ3n) is 4.62. The van der Waals surface area contributed by atoms with Gasteiger partial charge in [-0.3, -0.25) is 9.78 Å². The largest absolute Gasteiger partial charge is 0.355 e. The molecule has 0 atom stereocenters. The number of amides is 1. The predicted octanol–water partition coefficient (Wildman–Crippen LogP) is 2.98. The van der Waals surface area contributed by atoms with Crippen molar-refractivity contribution < 1.29 is 4.79 Å². The van der Waals surface area contributed by atoms with Crippen LogP contribution in [0.3, 0.4) is 0 Å². The maximum absolute atomic E-state index is 12.6. The van der Waals surface area contributed by atoms with Crippen molar-refractivity contribution in [1.82, 2.24) is 14.9 Å². The Labute approximate surface area is 146 Å². The molecule has 0 bridgehead atoms. The van der Waals surface area contributed by atoms with Crippen LogP contribution in [-0.4, -0.2) is 47.0 Å². The van der Waals surface area contributed by atoms with Gasteiger partial charge in [-0.25, -0.2) is 4.98 Å². The molecule has 3 heterocycles. The number of benzene rings is 1. The zero-order chi connectivity index (χ0) is 17.1. The lowest BCUT2D eigenvalue weighted by Crippen LogP contribution is -2.35. The Balaban J connectivity index is 1.49. The first-order valence-electron chi connectivity index (χ1n) is 8.61. The maximum atomic E-state index is 12.6. The topological polar surface area (TPSA) is 49.3 Å². The van der Waals surface area contributed by atoms with Crippen LogP contribution in [0.1, 0.15) is 16.8 Å². The molecule has 1 amide bonds. The number of aromatic nitrogens is 2. The summed E-state index contributed by atoms with van der Waals surface area (Å²) in [5.41, 5.74) is 1.71. The van der Waals surface area contributed by atoms with E-state index in [0.29, 0.717) is 12.1 Å². The summed E-state index contributed by atoms with van der Waals surface area (Å²) < 4.78 is 0. The van der Waals surface area contributed by atoms with Crippen LogP contribution in [0.2, 0.25) is 0 Å². The molecular weight excluding hydrogens is 312 g/mol. The first kappa shape index (κ1) is 15.6. The van der Waals surface area contributed by atoms with E-state index in [9.17, 15) is 4.79 Å². The van der Waals surface area contributed by atoms with Crippen molar-refractivity contribution in [3.63, 3.8) is 0 Å². The quantitative estimate of drug-likeness (QED) is 0.724. The monoisotopic (exact) mass is 332 g/mol. The molecule has 4 rings (SSSR count). The first-order chi connectivity index (χ1) is 12.3. The Bertz CT molecular complexity index is 881. The fourth-order valence-electron chi connectivity index (χ4n) is 3.26. The molecule has 0 aliphatic carbocycles. The van der Waals surface area contributed by atoms with Crippen molar-refractivity contribution in [2.24, 2.45) is 0 Å². The summed E-state index contributed by atoms with van der Waals surface area (Å²) in [6.45, 7) is 3.18. The average Bonchev–Trinajstić information content (AvgIpc) is 2.94. The number of anilines is 1. The van der Waals surface area contributed by atoms with E-state index in [-0.39, 0.29) is 5.91 Å².